The molecule has 1 aliphatic rings. The number of thioether (sulfide) groups is 1. The van der Waals surface area contributed by atoms with Crippen molar-refractivity contribution in [2.75, 3.05) is 51.8 Å². The average molecular weight is 217 g/mol. The lowest BCUT2D eigenvalue weighted by atomic mass is 10.1. The Bertz CT molecular complexity index is 154. The largest absolute Gasteiger partial charge is 0.329 e. The van der Waals surface area contributed by atoms with E-state index < -0.39 is 0 Å². The van der Waals surface area contributed by atoms with Crippen LogP contribution in [0.15, 0.2) is 0 Å². The number of likely N-dealkylation sites (N-methyl/N-ethyl adjacent to an activating group) is 1. The molecule has 1 rings (SSSR count). The molecule has 14 heavy (non-hydrogen) atoms. The van der Waals surface area contributed by atoms with E-state index in [2.05, 4.69) is 23.1 Å². The van der Waals surface area contributed by atoms with Crippen LogP contribution in [0.4, 0.5) is 0 Å². The van der Waals surface area contributed by atoms with E-state index >= 15 is 0 Å². The third-order valence-corrected chi connectivity index (χ3v) is 3.57. The standard InChI is InChI=1S/C10H23N3S/c1-12-5-6-13(4-3-7-14-2)10(8-11)9-12/h10H,3-9,11H2,1-2H3. The first-order valence-corrected chi connectivity index (χ1v) is 6.79. The van der Waals surface area contributed by atoms with Gasteiger partial charge in [0.2, 0.25) is 0 Å². The molecule has 3 nitrogen and oxygen atoms in total. The third kappa shape index (κ3) is 3.77. The zero-order valence-corrected chi connectivity index (χ0v) is 10.2. The second-order valence-corrected chi connectivity index (χ2v) is 5.02. The van der Waals surface area contributed by atoms with Gasteiger partial charge < -0.3 is 10.6 Å². The van der Waals surface area contributed by atoms with Crippen molar-refractivity contribution in [1.29, 1.82) is 0 Å². The predicted octanol–water partition coefficient (Wildman–Crippen LogP) is 0.314. The fourth-order valence-electron chi connectivity index (χ4n) is 1.98. The van der Waals surface area contributed by atoms with E-state index in [9.17, 15) is 0 Å². The number of piperazine rings is 1. The molecular weight excluding hydrogens is 194 g/mol. The Morgan fingerprint density at radius 3 is 2.86 bits per heavy atom. The Morgan fingerprint density at radius 1 is 1.43 bits per heavy atom. The van der Waals surface area contributed by atoms with Crippen LogP contribution in [-0.4, -0.2) is 67.6 Å². The summed E-state index contributed by atoms with van der Waals surface area (Å²) in [4.78, 5) is 4.93. The van der Waals surface area contributed by atoms with Crippen LogP contribution < -0.4 is 5.73 Å². The van der Waals surface area contributed by atoms with Gasteiger partial charge in [0.1, 0.15) is 0 Å². The number of nitrogens with zero attached hydrogens (tertiary/aromatic N) is 2. The van der Waals surface area contributed by atoms with Gasteiger partial charge in [0.15, 0.2) is 0 Å². The highest BCUT2D eigenvalue weighted by molar-refractivity contribution is 7.98. The molecule has 1 saturated heterocycles. The topological polar surface area (TPSA) is 32.5 Å². The Balaban J connectivity index is 2.27. The van der Waals surface area contributed by atoms with Gasteiger partial charge in [0, 0.05) is 32.2 Å². The first-order valence-electron chi connectivity index (χ1n) is 5.39. The monoisotopic (exact) mass is 217 g/mol. The molecule has 0 amide bonds. The van der Waals surface area contributed by atoms with Gasteiger partial charge in [-0.25, -0.2) is 0 Å². The van der Waals surface area contributed by atoms with Gasteiger partial charge in [-0.1, -0.05) is 0 Å². The lowest BCUT2D eigenvalue weighted by Gasteiger charge is -2.39. The zero-order chi connectivity index (χ0) is 10.4. The van der Waals surface area contributed by atoms with Crippen LogP contribution >= 0.6 is 11.8 Å². The smallest absolute Gasteiger partial charge is 0.0346 e. The molecule has 1 atom stereocenters. The molecule has 0 spiro atoms. The van der Waals surface area contributed by atoms with Crippen molar-refractivity contribution in [3.8, 4) is 0 Å². The number of hydrogen-bond acceptors (Lipinski definition) is 4. The highest BCUT2D eigenvalue weighted by Gasteiger charge is 2.22. The van der Waals surface area contributed by atoms with Crippen LogP contribution in [0.25, 0.3) is 0 Å². The van der Waals surface area contributed by atoms with Crippen molar-refractivity contribution in [2.45, 2.75) is 12.5 Å². The highest BCUT2D eigenvalue weighted by atomic mass is 32.2. The molecule has 1 unspecified atom stereocenters. The lowest BCUT2D eigenvalue weighted by molar-refractivity contribution is 0.0949. The molecule has 0 aromatic rings. The van der Waals surface area contributed by atoms with Crippen LogP contribution in [0.3, 0.4) is 0 Å². The lowest BCUT2D eigenvalue weighted by Crippen LogP contribution is -2.54. The molecular formula is C10H23N3S. The van der Waals surface area contributed by atoms with E-state index in [-0.39, 0.29) is 0 Å². The van der Waals surface area contributed by atoms with E-state index in [4.69, 9.17) is 5.73 Å². The van der Waals surface area contributed by atoms with Crippen molar-refractivity contribution in [3.63, 3.8) is 0 Å². The summed E-state index contributed by atoms with van der Waals surface area (Å²) in [7, 11) is 2.18. The average Bonchev–Trinajstić information content (AvgIpc) is 2.20. The van der Waals surface area contributed by atoms with Gasteiger partial charge in [0.05, 0.1) is 0 Å². The zero-order valence-electron chi connectivity index (χ0n) is 9.41. The summed E-state index contributed by atoms with van der Waals surface area (Å²) in [5.74, 6) is 1.27. The summed E-state index contributed by atoms with van der Waals surface area (Å²) in [6.45, 7) is 5.53. The van der Waals surface area contributed by atoms with Crippen molar-refractivity contribution >= 4 is 11.8 Å². The normalized spacial score (nSPS) is 25.5. The maximum atomic E-state index is 5.79. The molecule has 1 fully saturated rings. The fraction of sp³-hybridized carbons (Fsp3) is 1.00. The molecule has 1 aliphatic heterocycles. The molecule has 4 heteroatoms. The van der Waals surface area contributed by atoms with E-state index in [1.165, 1.54) is 31.8 Å². The molecule has 0 radical (unpaired) electrons. The second kappa shape index (κ2) is 6.67. The molecule has 0 saturated carbocycles. The van der Waals surface area contributed by atoms with Gasteiger partial charge in [-0.15, -0.1) is 0 Å². The highest BCUT2D eigenvalue weighted by Crippen LogP contribution is 2.08. The fourth-order valence-corrected chi connectivity index (χ4v) is 2.40. The second-order valence-electron chi connectivity index (χ2n) is 4.03. The first-order chi connectivity index (χ1) is 6.77. The number of nitrogens with two attached hydrogens (primary N) is 1. The molecule has 0 aromatic carbocycles. The Labute approximate surface area is 92.0 Å². The SMILES string of the molecule is CSCCCN1CCN(C)CC1CN. The van der Waals surface area contributed by atoms with E-state index in [0.717, 1.165) is 13.1 Å². The summed E-state index contributed by atoms with van der Waals surface area (Å²) >= 11 is 1.93. The van der Waals surface area contributed by atoms with Crippen LogP contribution in [-0.2, 0) is 0 Å². The van der Waals surface area contributed by atoms with Crippen LogP contribution in [0, 0.1) is 0 Å². The minimum atomic E-state index is 0.579. The molecule has 1 heterocycles. The summed E-state index contributed by atoms with van der Waals surface area (Å²) in [5.41, 5.74) is 5.79. The number of rotatable bonds is 5. The molecule has 2 N–H and O–H groups in total. The van der Waals surface area contributed by atoms with Crippen molar-refractivity contribution in [1.82, 2.24) is 9.80 Å². The molecule has 0 aromatic heterocycles. The summed E-state index contributed by atoms with van der Waals surface area (Å²) < 4.78 is 0. The first kappa shape index (κ1) is 12.3. The quantitative estimate of drug-likeness (QED) is 0.672. The summed E-state index contributed by atoms with van der Waals surface area (Å²) in [6.07, 6.45) is 3.46. The minimum Gasteiger partial charge on any atom is -0.329 e. The Morgan fingerprint density at radius 2 is 2.21 bits per heavy atom. The van der Waals surface area contributed by atoms with Crippen LogP contribution in [0.2, 0.25) is 0 Å². The van der Waals surface area contributed by atoms with Gasteiger partial charge in [-0.2, -0.15) is 11.8 Å². The minimum absolute atomic E-state index is 0.579. The molecule has 0 bridgehead atoms. The van der Waals surface area contributed by atoms with E-state index in [1.54, 1.807) is 0 Å². The van der Waals surface area contributed by atoms with Gasteiger partial charge >= 0.3 is 0 Å². The van der Waals surface area contributed by atoms with Gasteiger partial charge in [0.25, 0.3) is 0 Å². The number of hydrogen-bond donors (Lipinski definition) is 1. The Hall–Kier alpha value is 0.230. The summed E-state index contributed by atoms with van der Waals surface area (Å²) in [5, 5.41) is 0. The van der Waals surface area contributed by atoms with E-state index in [1.807, 2.05) is 11.8 Å². The van der Waals surface area contributed by atoms with E-state index in [0.29, 0.717) is 6.04 Å². The maximum absolute atomic E-state index is 5.79. The molecule has 0 aliphatic carbocycles. The van der Waals surface area contributed by atoms with Gasteiger partial charge in [-0.05, 0) is 32.0 Å². The third-order valence-electron chi connectivity index (χ3n) is 2.87. The Kier molecular flexibility index (Phi) is 5.86. The van der Waals surface area contributed by atoms with Crippen LogP contribution in [0.5, 0.6) is 0 Å². The predicted molar refractivity (Wildman–Crippen MR) is 64.9 cm³/mol. The summed E-state index contributed by atoms with van der Waals surface area (Å²) in [6, 6.07) is 0.579. The van der Waals surface area contributed by atoms with Crippen molar-refractivity contribution in [3.05, 3.63) is 0 Å². The van der Waals surface area contributed by atoms with Crippen molar-refractivity contribution in [2.24, 2.45) is 5.73 Å². The molecule has 84 valence electrons. The van der Waals surface area contributed by atoms with Crippen LogP contribution in [0.1, 0.15) is 6.42 Å². The van der Waals surface area contributed by atoms with Crippen molar-refractivity contribution < 1.29 is 0 Å². The van der Waals surface area contributed by atoms with Gasteiger partial charge in [-0.3, -0.25) is 4.90 Å². The maximum Gasteiger partial charge on any atom is 0.0346 e.